The Bertz CT molecular complexity index is 1060. The van der Waals surface area contributed by atoms with Gasteiger partial charge in [-0.05, 0) is 37.6 Å². The van der Waals surface area contributed by atoms with Crippen LogP contribution in [0.15, 0.2) is 62.6 Å². The summed E-state index contributed by atoms with van der Waals surface area (Å²) < 4.78 is 17.0. The van der Waals surface area contributed by atoms with Crippen LogP contribution >= 0.6 is 11.8 Å². The second-order valence-corrected chi connectivity index (χ2v) is 7.10. The molecule has 4 rings (SSSR count). The zero-order valence-electron chi connectivity index (χ0n) is 15.5. The van der Waals surface area contributed by atoms with E-state index in [1.54, 1.807) is 0 Å². The molecule has 0 spiro atoms. The second kappa shape index (κ2) is 8.26. The number of aromatic nitrogens is 4. The van der Waals surface area contributed by atoms with Gasteiger partial charge in [-0.1, -0.05) is 47.7 Å². The molecule has 7 nitrogen and oxygen atoms in total. The summed E-state index contributed by atoms with van der Waals surface area (Å²) in [5.74, 6) is 2.64. The summed E-state index contributed by atoms with van der Waals surface area (Å²) in [4.78, 5) is 0. The third kappa shape index (κ3) is 4.40. The van der Waals surface area contributed by atoms with Crippen LogP contribution in [0.3, 0.4) is 0 Å². The van der Waals surface area contributed by atoms with Gasteiger partial charge >= 0.3 is 0 Å². The number of thioether (sulfide) groups is 1. The maximum atomic E-state index is 5.71. The number of benzene rings is 2. The molecule has 28 heavy (non-hydrogen) atoms. The van der Waals surface area contributed by atoms with Crippen LogP contribution in [0.1, 0.15) is 22.9 Å². The van der Waals surface area contributed by atoms with E-state index < -0.39 is 0 Å². The second-order valence-electron chi connectivity index (χ2n) is 6.17. The summed E-state index contributed by atoms with van der Waals surface area (Å²) in [6.45, 7) is 4.24. The minimum Gasteiger partial charge on any atom is -0.484 e. The molecule has 4 aromatic rings. The van der Waals surface area contributed by atoms with Crippen molar-refractivity contribution in [3.05, 3.63) is 71.4 Å². The number of ether oxygens (including phenoxy) is 1. The summed E-state index contributed by atoms with van der Waals surface area (Å²) in [6.07, 6.45) is 0. The Morgan fingerprint density at radius 2 is 1.64 bits per heavy atom. The summed E-state index contributed by atoms with van der Waals surface area (Å²) in [5, 5.41) is 16.6. The molecular formula is C20H18N4O3S. The van der Waals surface area contributed by atoms with Gasteiger partial charge in [0.25, 0.3) is 11.1 Å². The minimum atomic E-state index is 0.219. The quantitative estimate of drug-likeness (QED) is 0.420. The van der Waals surface area contributed by atoms with Gasteiger partial charge in [0, 0.05) is 5.56 Å². The van der Waals surface area contributed by atoms with E-state index in [2.05, 4.69) is 20.4 Å². The molecule has 0 atom stereocenters. The Morgan fingerprint density at radius 1 is 0.857 bits per heavy atom. The lowest BCUT2D eigenvalue weighted by atomic mass is 10.1. The monoisotopic (exact) mass is 394 g/mol. The van der Waals surface area contributed by atoms with Crippen LogP contribution in [0.25, 0.3) is 11.5 Å². The van der Waals surface area contributed by atoms with E-state index in [0.29, 0.717) is 28.6 Å². The molecular weight excluding hydrogens is 376 g/mol. The van der Waals surface area contributed by atoms with Crippen molar-refractivity contribution in [2.75, 3.05) is 0 Å². The molecule has 0 fully saturated rings. The fraction of sp³-hybridized carbons (Fsp3) is 0.200. The maximum absolute atomic E-state index is 5.71. The molecule has 0 aliphatic rings. The molecule has 8 heteroatoms. The van der Waals surface area contributed by atoms with E-state index in [1.807, 2.05) is 62.4 Å². The predicted octanol–water partition coefficient (Wildman–Crippen LogP) is 4.61. The molecule has 0 saturated heterocycles. The van der Waals surface area contributed by atoms with Gasteiger partial charge in [0.2, 0.25) is 11.8 Å². The number of nitrogens with zero attached hydrogens (tertiary/aromatic N) is 4. The van der Waals surface area contributed by atoms with Crippen molar-refractivity contribution >= 4 is 11.8 Å². The third-order valence-electron chi connectivity index (χ3n) is 3.98. The highest BCUT2D eigenvalue weighted by molar-refractivity contribution is 7.98. The van der Waals surface area contributed by atoms with Crippen LogP contribution in [0.4, 0.5) is 0 Å². The van der Waals surface area contributed by atoms with E-state index in [-0.39, 0.29) is 6.61 Å². The summed E-state index contributed by atoms with van der Waals surface area (Å²) in [5.41, 5.74) is 3.12. The average molecular weight is 394 g/mol. The average Bonchev–Trinajstić information content (AvgIpc) is 3.36. The molecule has 2 heterocycles. The summed E-state index contributed by atoms with van der Waals surface area (Å²) >= 11 is 1.34. The fourth-order valence-electron chi connectivity index (χ4n) is 2.46. The van der Waals surface area contributed by atoms with Gasteiger partial charge in [-0.3, -0.25) is 0 Å². The molecule has 0 amide bonds. The maximum Gasteiger partial charge on any atom is 0.277 e. The van der Waals surface area contributed by atoms with Gasteiger partial charge in [0.15, 0.2) is 6.61 Å². The van der Waals surface area contributed by atoms with Crippen LogP contribution in [-0.4, -0.2) is 20.4 Å². The summed E-state index contributed by atoms with van der Waals surface area (Å²) in [7, 11) is 0. The van der Waals surface area contributed by atoms with Gasteiger partial charge in [-0.2, -0.15) is 0 Å². The minimum absolute atomic E-state index is 0.219. The Labute approximate surface area is 166 Å². The van der Waals surface area contributed by atoms with Crippen molar-refractivity contribution in [1.29, 1.82) is 0 Å². The number of hydrogen-bond acceptors (Lipinski definition) is 8. The highest BCUT2D eigenvalue weighted by Gasteiger charge is 2.12. The smallest absolute Gasteiger partial charge is 0.277 e. The van der Waals surface area contributed by atoms with Crippen molar-refractivity contribution < 1.29 is 13.6 Å². The summed E-state index contributed by atoms with van der Waals surface area (Å²) in [6, 6.07) is 15.7. The number of para-hydroxylation sites is 1. The van der Waals surface area contributed by atoms with Gasteiger partial charge in [0.05, 0.1) is 5.75 Å². The first-order chi connectivity index (χ1) is 13.7. The first-order valence-corrected chi connectivity index (χ1v) is 9.69. The van der Waals surface area contributed by atoms with Crippen LogP contribution in [0.2, 0.25) is 0 Å². The zero-order chi connectivity index (χ0) is 19.3. The Balaban J connectivity index is 1.32. The lowest BCUT2D eigenvalue weighted by Crippen LogP contribution is -1.97. The number of aryl methyl sites for hydroxylation is 2. The van der Waals surface area contributed by atoms with E-state index in [4.69, 9.17) is 13.6 Å². The van der Waals surface area contributed by atoms with Gasteiger partial charge < -0.3 is 13.6 Å². The van der Waals surface area contributed by atoms with E-state index in [9.17, 15) is 0 Å². The van der Waals surface area contributed by atoms with Gasteiger partial charge in [-0.25, -0.2) is 0 Å². The number of hydrogen-bond donors (Lipinski definition) is 0. The standard InChI is InChI=1S/C20H18N4O3S/c1-13-7-9-15(10-8-13)19-23-22-18(26-19)12-28-20-24-21-17(27-20)11-25-16-6-4-3-5-14(16)2/h3-10H,11-12H2,1-2H3. The molecule has 2 aromatic heterocycles. The van der Waals surface area contributed by atoms with Gasteiger partial charge in [-0.15, -0.1) is 20.4 Å². The van der Waals surface area contributed by atoms with Crippen LogP contribution in [0.5, 0.6) is 5.75 Å². The lowest BCUT2D eigenvalue weighted by molar-refractivity contribution is 0.250. The molecule has 0 radical (unpaired) electrons. The van der Waals surface area contributed by atoms with E-state index in [0.717, 1.165) is 16.9 Å². The van der Waals surface area contributed by atoms with Crippen molar-refractivity contribution in [2.24, 2.45) is 0 Å². The molecule has 0 bridgehead atoms. The first-order valence-electron chi connectivity index (χ1n) is 8.70. The zero-order valence-corrected chi connectivity index (χ0v) is 16.3. The van der Waals surface area contributed by atoms with Gasteiger partial charge in [0.1, 0.15) is 5.75 Å². The van der Waals surface area contributed by atoms with Crippen molar-refractivity contribution in [3.63, 3.8) is 0 Å². The predicted molar refractivity (Wildman–Crippen MR) is 104 cm³/mol. The Hall–Kier alpha value is -3.13. The molecule has 0 aliphatic heterocycles. The molecule has 142 valence electrons. The largest absolute Gasteiger partial charge is 0.484 e. The number of rotatable bonds is 7. The Kier molecular flexibility index (Phi) is 5.38. The first kappa shape index (κ1) is 18.2. The third-order valence-corrected chi connectivity index (χ3v) is 4.78. The molecule has 0 aliphatic carbocycles. The molecule has 0 N–H and O–H groups in total. The van der Waals surface area contributed by atoms with E-state index >= 15 is 0 Å². The Morgan fingerprint density at radius 3 is 2.46 bits per heavy atom. The molecule has 0 unspecified atom stereocenters. The lowest BCUT2D eigenvalue weighted by Gasteiger charge is -2.05. The molecule has 0 saturated carbocycles. The fourth-order valence-corrected chi connectivity index (χ4v) is 3.08. The topological polar surface area (TPSA) is 87.1 Å². The molecule has 2 aromatic carbocycles. The van der Waals surface area contributed by atoms with Crippen molar-refractivity contribution in [3.8, 4) is 17.2 Å². The van der Waals surface area contributed by atoms with Crippen molar-refractivity contribution in [2.45, 2.75) is 31.4 Å². The van der Waals surface area contributed by atoms with Crippen LogP contribution in [-0.2, 0) is 12.4 Å². The highest BCUT2D eigenvalue weighted by atomic mass is 32.2. The SMILES string of the molecule is Cc1ccc(-c2nnc(CSc3nnc(COc4ccccc4C)o3)o2)cc1. The van der Waals surface area contributed by atoms with Crippen molar-refractivity contribution in [1.82, 2.24) is 20.4 Å². The van der Waals surface area contributed by atoms with E-state index in [1.165, 1.54) is 17.3 Å². The normalized spacial score (nSPS) is 10.9. The van der Waals surface area contributed by atoms with Crippen LogP contribution in [0, 0.1) is 13.8 Å². The van der Waals surface area contributed by atoms with Crippen LogP contribution < -0.4 is 4.74 Å². The highest BCUT2D eigenvalue weighted by Crippen LogP contribution is 2.24.